The van der Waals surface area contributed by atoms with Gasteiger partial charge in [0.2, 0.25) is 15.9 Å². The molecule has 0 unspecified atom stereocenters. The Kier molecular flexibility index (Phi) is 4.62. The monoisotopic (exact) mass is 364 g/mol. The maximum atomic E-state index is 12.6. The average molecular weight is 365 g/mol. The normalized spacial score (nSPS) is 14.0. The van der Waals surface area contributed by atoms with Crippen molar-refractivity contribution in [2.75, 3.05) is 25.0 Å². The predicted octanol–water partition coefficient (Wildman–Crippen LogP) is 2.55. The van der Waals surface area contributed by atoms with E-state index in [0.29, 0.717) is 11.6 Å². The van der Waals surface area contributed by atoms with Crippen molar-refractivity contribution < 1.29 is 13.2 Å². The zero-order chi connectivity index (χ0) is 17.3. The fourth-order valence-electron chi connectivity index (χ4n) is 2.74. The van der Waals surface area contributed by atoms with Crippen LogP contribution in [0.3, 0.4) is 0 Å². The van der Waals surface area contributed by atoms with Gasteiger partial charge in [-0.05, 0) is 42.3 Å². The molecule has 7 heteroatoms. The van der Waals surface area contributed by atoms with Crippen molar-refractivity contribution in [3.05, 3.63) is 59.1 Å². The van der Waals surface area contributed by atoms with Gasteiger partial charge in [0.05, 0.1) is 11.4 Å². The van der Waals surface area contributed by atoms with Crippen molar-refractivity contribution in [1.82, 2.24) is 4.31 Å². The number of para-hydroxylation sites is 1. The Balaban J connectivity index is 1.76. The van der Waals surface area contributed by atoms with Gasteiger partial charge in [0.1, 0.15) is 0 Å². The van der Waals surface area contributed by atoms with Gasteiger partial charge >= 0.3 is 0 Å². The number of likely N-dealkylation sites (N-methyl/N-ethyl adjacent to an activating group) is 1. The van der Waals surface area contributed by atoms with E-state index in [-0.39, 0.29) is 17.3 Å². The molecule has 0 N–H and O–H groups in total. The summed E-state index contributed by atoms with van der Waals surface area (Å²) in [5.74, 6) is -0.236. The topological polar surface area (TPSA) is 57.7 Å². The van der Waals surface area contributed by atoms with Crippen molar-refractivity contribution >= 4 is 33.2 Å². The van der Waals surface area contributed by atoms with E-state index in [9.17, 15) is 13.2 Å². The van der Waals surface area contributed by atoms with Gasteiger partial charge < -0.3 is 4.90 Å². The summed E-state index contributed by atoms with van der Waals surface area (Å²) in [7, 11) is -2.32. The molecule has 1 heterocycles. The van der Waals surface area contributed by atoms with Crippen molar-refractivity contribution in [1.29, 1.82) is 0 Å². The quantitative estimate of drug-likeness (QED) is 0.837. The number of fused-ring (bicyclic) bond motifs is 1. The molecule has 0 saturated heterocycles. The molecule has 5 nitrogen and oxygen atoms in total. The van der Waals surface area contributed by atoms with Crippen molar-refractivity contribution in [2.24, 2.45) is 0 Å². The third-order valence-electron chi connectivity index (χ3n) is 4.07. The van der Waals surface area contributed by atoms with Crippen molar-refractivity contribution in [2.45, 2.75) is 11.3 Å². The second-order valence-electron chi connectivity index (χ2n) is 5.64. The standard InChI is InChI=1S/C17H17ClN2O3S/c1-19(24(22,23)15-8-6-14(18)7-9-15)12-17(21)20-11-10-13-4-2-3-5-16(13)20/h2-9H,10-12H2,1H3. The molecule has 24 heavy (non-hydrogen) atoms. The van der Waals surface area contributed by atoms with Gasteiger partial charge in [0.15, 0.2) is 0 Å². The number of anilines is 1. The number of nitrogens with zero attached hydrogens (tertiary/aromatic N) is 2. The van der Waals surface area contributed by atoms with E-state index in [1.807, 2.05) is 24.3 Å². The van der Waals surface area contributed by atoms with E-state index >= 15 is 0 Å². The molecule has 2 aromatic rings. The van der Waals surface area contributed by atoms with E-state index in [1.54, 1.807) is 4.90 Å². The number of carbonyl (C=O) groups is 1. The van der Waals surface area contributed by atoms with Gasteiger partial charge in [-0.2, -0.15) is 4.31 Å². The predicted molar refractivity (Wildman–Crippen MR) is 93.8 cm³/mol. The highest BCUT2D eigenvalue weighted by molar-refractivity contribution is 7.89. The van der Waals surface area contributed by atoms with Gasteiger partial charge in [0.25, 0.3) is 0 Å². The number of benzene rings is 2. The summed E-state index contributed by atoms with van der Waals surface area (Å²) in [6.07, 6.45) is 0.787. The summed E-state index contributed by atoms with van der Waals surface area (Å²) in [4.78, 5) is 14.3. The molecule has 0 bridgehead atoms. The minimum Gasteiger partial charge on any atom is -0.311 e. The Hall–Kier alpha value is -1.89. The van der Waals surface area contributed by atoms with Gasteiger partial charge in [0, 0.05) is 24.3 Å². The summed E-state index contributed by atoms with van der Waals surface area (Å²) in [6.45, 7) is 0.367. The second kappa shape index (κ2) is 6.55. The average Bonchev–Trinajstić information content (AvgIpc) is 2.99. The number of carbonyl (C=O) groups excluding carboxylic acids is 1. The summed E-state index contributed by atoms with van der Waals surface area (Å²) < 4.78 is 26.2. The molecular formula is C17H17ClN2O3S. The van der Waals surface area contributed by atoms with E-state index in [1.165, 1.54) is 31.3 Å². The molecule has 0 saturated carbocycles. The van der Waals surface area contributed by atoms with E-state index in [4.69, 9.17) is 11.6 Å². The fraction of sp³-hybridized carbons (Fsp3) is 0.235. The Labute approximate surface area is 146 Å². The largest absolute Gasteiger partial charge is 0.311 e. The minimum absolute atomic E-state index is 0.115. The Bertz CT molecular complexity index is 866. The third kappa shape index (κ3) is 3.17. The lowest BCUT2D eigenvalue weighted by Crippen LogP contribution is -2.40. The zero-order valence-corrected chi connectivity index (χ0v) is 14.7. The Morgan fingerprint density at radius 1 is 1.17 bits per heavy atom. The van der Waals surface area contributed by atoms with E-state index in [2.05, 4.69) is 0 Å². The first-order valence-corrected chi connectivity index (χ1v) is 9.31. The van der Waals surface area contributed by atoms with Crippen LogP contribution in [0.2, 0.25) is 5.02 Å². The summed E-state index contributed by atoms with van der Waals surface area (Å²) in [5, 5.41) is 0.460. The lowest BCUT2D eigenvalue weighted by molar-refractivity contribution is -0.118. The van der Waals surface area contributed by atoms with Gasteiger partial charge in [-0.1, -0.05) is 29.8 Å². The number of halogens is 1. The lowest BCUT2D eigenvalue weighted by Gasteiger charge is -2.22. The number of amides is 1. The maximum absolute atomic E-state index is 12.6. The summed E-state index contributed by atoms with van der Waals surface area (Å²) in [6, 6.07) is 13.6. The molecule has 1 aliphatic heterocycles. The van der Waals surface area contributed by atoms with Gasteiger partial charge in [-0.15, -0.1) is 0 Å². The molecule has 0 spiro atoms. The fourth-order valence-corrected chi connectivity index (χ4v) is 3.99. The van der Waals surface area contributed by atoms with Gasteiger partial charge in [-0.25, -0.2) is 8.42 Å². The van der Waals surface area contributed by atoms with Crippen molar-refractivity contribution in [3.63, 3.8) is 0 Å². The number of sulfonamides is 1. The highest BCUT2D eigenvalue weighted by Crippen LogP contribution is 2.27. The van der Waals surface area contributed by atoms with Crippen LogP contribution >= 0.6 is 11.6 Å². The van der Waals surface area contributed by atoms with Gasteiger partial charge in [-0.3, -0.25) is 4.79 Å². The first-order valence-electron chi connectivity index (χ1n) is 7.50. The Morgan fingerprint density at radius 2 is 1.83 bits per heavy atom. The molecular weight excluding hydrogens is 348 g/mol. The first kappa shape index (κ1) is 17.0. The maximum Gasteiger partial charge on any atom is 0.243 e. The lowest BCUT2D eigenvalue weighted by atomic mass is 10.2. The number of hydrogen-bond acceptors (Lipinski definition) is 3. The van der Waals surface area contributed by atoms with E-state index in [0.717, 1.165) is 22.0 Å². The summed E-state index contributed by atoms with van der Waals surface area (Å²) in [5.41, 5.74) is 1.97. The van der Waals surface area contributed by atoms with Crippen LogP contribution in [0, 0.1) is 0 Å². The van der Waals surface area contributed by atoms with Crippen LogP contribution in [0.25, 0.3) is 0 Å². The van der Waals surface area contributed by atoms with Crippen LogP contribution in [0.1, 0.15) is 5.56 Å². The van der Waals surface area contributed by atoms with Crippen LogP contribution in [0.15, 0.2) is 53.4 Å². The molecule has 3 rings (SSSR count). The first-order chi connectivity index (χ1) is 11.4. The van der Waals surface area contributed by atoms with Crippen molar-refractivity contribution in [3.8, 4) is 0 Å². The molecule has 0 radical (unpaired) electrons. The number of rotatable bonds is 4. The summed E-state index contributed by atoms with van der Waals surface area (Å²) >= 11 is 5.79. The molecule has 2 aromatic carbocycles. The van der Waals surface area contributed by atoms with Crippen LogP contribution in [-0.4, -0.2) is 38.8 Å². The smallest absolute Gasteiger partial charge is 0.243 e. The molecule has 0 aromatic heterocycles. The van der Waals surface area contributed by atoms with Crippen LogP contribution < -0.4 is 4.90 Å². The molecule has 126 valence electrons. The molecule has 0 atom stereocenters. The molecule has 1 aliphatic rings. The third-order valence-corrected chi connectivity index (χ3v) is 6.14. The molecule has 1 amide bonds. The Morgan fingerprint density at radius 3 is 2.54 bits per heavy atom. The van der Waals surface area contributed by atoms with Crippen LogP contribution in [-0.2, 0) is 21.2 Å². The zero-order valence-electron chi connectivity index (χ0n) is 13.1. The van der Waals surface area contributed by atoms with Crippen LogP contribution in [0.5, 0.6) is 0 Å². The number of hydrogen-bond donors (Lipinski definition) is 0. The SMILES string of the molecule is CN(CC(=O)N1CCc2ccccc21)S(=O)(=O)c1ccc(Cl)cc1. The molecule has 0 fully saturated rings. The highest BCUT2D eigenvalue weighted by atomic mass is 35.5. The molecule has 0 aliphatic carbocycles. The minimum atomic E-state index is -3.73. The second-order valence-corrected chi connectivity index (χ2v) is 8.12. The van der Waals surface area contributed by atoms with E-state index < -0.39 is 10.0 Å². The van der Waals surface area contributed by atoms with Crippen LogP contribution in [0.4, 0.5) is 5.69 Å². The highest BCUT2D eigenvalue weighted by Gasteiger charge is 2.28.